The van der Waals surface area contributed by atoms with E-state index in [1.54, 1.807) is 0 Å². The average molecular weight is 628 g/mol. The minimum Gasteiger partial charge on any atom is -0.480 e. The van der Waals surface area contributed by atoms with Gasteiger partial charge in [0, 0.05) is 17.3 Å². The number of unbranched alkanes of at least 4 members (excludes halogenated alkanes) is 1. The van der Waals surface area contributed by atoms with Crippen LogP contribution >= 0.6 is 37.9 Å². The summed E-state index contributed by atoms with van der Waals surface area (Å²) in [6.45, 7) is 2.87. The largest absolute Gasteiger partial charge is 0.480 e. The van der Waals surface area contributed by atoms with Crippen LogP contribution in [0, 0.1) is 0 Å². The highest BCUT2D eigenvalue weighted by molar-refractivity contribution is 7.80. The van der Waals surface area contributed by atoms with Crippen LogP contribution in [0.1, 0.15) is 33.1 Å². The smallest absolute Gasteiger partial charge is 0.325 e. The lowest BCUT2D eigenvalue weighted by atomic mass is 10.1. The summed E-state index contributed by atoms with van der Waals surface area (Å²) in [5.41, 5.74) is 11.3. The van der Waals surface area contributed by atoms with Crippen molar-refractivity contribution in [2.45, 2.75) is 75.5 Å². The Bertz CT molecular complexity index is 883. The topological polar surface area (TPSA) is 255 Å². The molecule has 11 N–H and O–H groups in total. The van der Waals surface area contributed by atoms with Crippen LogP contribution in [0.4, 0.5) is 0 Å². The Hall–Kier alpha value is -2.25. The summed E-state index contributed by atoms with van der Waals surface area (Å²) in [5, 5.41) is 30.6. The van der Waals surface area contributed by atoms with E-state index >= 15 is 0 Å². The predicted octanol–water partition coefficient (Wildman–Crippen LogP) is -3.86. The first-order valence-corrected chi connectivity index (χ1v) is 14.3. The number of amides is 5. The van der Waals surface area contributed by atoms with Crippen LogP contribution in [0.25, 0.3) is 0 Å². The highest BCUT2D eigenvalue weighted by atomic mass is 32.1. The quantitative estimate of drug-likeness (QED) is 0.0490. The third kappa shape index (κ3) is 13.4. The van der Waals surface area contributed by atoms with E-state index in [0.717, 1.165) is 0 Å². The summed E-state index contributed by atoms with van der Waals surface area (Å²) in [7, 11) is 0. The van der Waals surface area contributed by atoms with Crippen molar-refractivity contribution in [2.24, 2.45) is 11.5 Å². The second kappa shape index (κ2) is 19.8. The molecule has 0 aliphatic rings. The van der Waals surface area contributed by atoms with Crippen molar-refractivity contribution < 1.29 is 39.0 Å². The van der Waals surface area contributed by atoms with Gasteiger partial charge in [0.2, 0.25) is 29.5 Å². The van der Waals surface area contributed by atoms with Gasteiger partial charge in [-0.25, -0.2) is 0 Å². The Kier molecular flexibility index (Phi) is 18.7. The Morgan fingerprint density at radius 1 is 0.700 bits per heavy atom. The molecule has 0 rings (SSSR count). The number of carbonyl (C=O) groups excluding carboxylic acids is 5. The molecule has 230 valence electrons. The number of thiol groups is 3. The fourth-order valence-electron chi connectivity index (χ4n) is 3.07. The normalized spacial score (nSPS) is 16.2. The van der Waals surface area contributed by atoms with Gasteiger partial charge in [0.25, 0.3) is 0 Å². The standard InChI is InChI=1S/C22H41N7O8S3/c1-10(22(36)37)25-21(35)16(11(2)30)29-20(34)15(9-40)28-19(33)14(8-39)27-18(32)13(7-38)26-17(31)12(24)5-3-4-6-23/h10-16,30,38-40H,3-9,23-24H2,1-2H3,(H,25,35)(H,26,31)(H,27,32)(H,28,33)(H,29,34)(H,36,37)/t10-,11+,12-,13-,14-,15-,16-/m0/s1. The number of nitrogens with one attached hydrogen (secondary N) is 5. The molecule has 0 aliphatic carbocycles. The van der Waals surface area contributed by atoms with Gasteiger partial charge in [-0.2, -0.15) is 37.9 Å². The number of nitrogens with two attached hydrogens (primary N) is 2. The zero-order chi connectivity index (χ0) is 31.0. The van der Waals surface area contributed by atoms with Gasteiger partial charge in [-0.05, 0) is 33.2 Å². The number of aliphatic hydroxyl groups excluding tert-OH is 1. The number of aliphatic carboxylic acids is 1. The maximum atomic E-state index is 12.8. The maximum Gasteiger partial charge on any atom is 0.325 e. The van der Waals surface area contributed by atoms with Crippen LogP contribution < -0.4 is 38.1 Å². The van der Waals surface area contributed by atoms with Gasteiger partial charge in [-0.15, -0.1) is 0 Å². The predicted molar refractivity (Wildman–Crippen MR) is 157 cm³/mol. The highest BCUT2D eigenvalue weighted by Gasteiger charge is 2.32. The maximum absolute atomic E-state index is 12.8. The summed E-state index contributed by atoms with van der Waals surface area (Å²) >= 11 is 12.2. The lowest BCUT2D eigenvalue weighted by molar-refractivity contribution is -0.142. The fraction of sp³-hybridized carbons (Fsp3) is 0.727. The molecule has 18 heteroatoms. The van der Waals surface area contributed by atoms with Crippen molar-refractivity contribution in [3.63, 3.8) is 0 Å². The molecule has 0 aromatic carbocycles. The zero-order valence-corrected chi connectivity index (χ0v) is 25.0. The van der Waals surface area contributed by atoms with E-state index < -0.39 is 77.9 Å². The van der Waals surface area contributed by atoms with Crippen LogP contribution in [0.5, 0.6) is 0 Å². The van der Waals surface area contributed by atoms with Crippen LogP contribution in [0.15, 0.2) is 0 Å². The van der Waals surface area contributed by atoms with Crippen LogP contribution in [-0.4, -0.2) is 112 Å². The first-order valence-electron chi connectivity index (χ1n) is 12.4. The number of carboxylic acids is 1. The zero-order valence-electron chi connectivity index (χ0n) is 22.3. The Morgan fingerprint density at radius 2 is 1.12 bits per heavy atom. The molecule has 0 spiro atoms. The summed E-state index contributed by atoms with van der Waals surface area (Å²) in [5.74, 6) is -5.83. The summed E-state index contributed by atoms with van der Waals surface area (Å²) in [6.07, 6.45) is 0.287. The highest BCUT2D eigenvalue weighted by Crippen LogP contribution is 2.02. The molecule has 0 aliphatic heterocycles. The van der Waals surface area contributed by atoms with Gasteiger partial charge in [0.15, 0.2) is 0 Å². The van der Waals surface area contributed by atoms with Gasteiger partial charge in [-0.1, -0.05) is 6.42 Å². The number of hydrogen-bond donors (Lipinski definition) is 12. The number of aliphatic hydroxyl groups is 1. The Morgan fingerprint density at radius 3 is 1.50 bits per heavy atom. The molecule has 0 bridgehead atoms. The molecule has 0 aromatic heterocycles. The molecular weight excluding hydrogens is 586 g/mol. The van der Waals surface area contributed by atoms with Gasteiger partial charge >= 0.3 is 5.97 Å². The Balaban J connectivity index is 5.26. The molecule has 5 amide bonds. The minimum atomic E-state index is -1.53. The van der Waals surface area contributed by atoms with Crippen LogP contribution in [0.2, 0.25) is 0 Å². The summed E-state index contributed by atoms with van der Waals surface area (Å²) in [6, 6.07) is -7.35. The third-order valence-corrected chi connectivity index (χ3v) is 6.64. The minimum absolute atomic E-state index is 0.0982. The lowest BCUT2D eigenvalue weighted by Crippen LogP contribution is -2.61. The van der Waals surface area contributed by atoms with E-state index in [9.17, 15) is 33.9 Å². The van der Waals surface area contributed by atoms with E-state index in [4.69, 9.17) is 16.6 Å². The molecule has 0 saturated carbocycles. The second-order valence-electron chi connectivity index (χ2n) is 8.92. The van der Waals surface area contributed by atoms with Gasteiger partial charge in [0.05, 0.1) is 12.1 Å². The molecule has 0 radical (unpaired) electrons. The molecular formula is C22H41N7O8S3. The first kappa shape index (κ1) is 37.8. The summed E-state index contributed by atoms with van der Waals surface area (Å²) in [4.78, 5) is 74.0. The average Bonchev–Trinajstić information content (AvgIpc) is 2.90. The van der Waals surface area contributed by atoms with Crippen molar-refractivity contribution in [3.8, 4) is 0 Å². The van der Waals surface area contributed by atoms with E-state index in [1.807, 2.05) is 0 Å². The SMILES string of the molecule is C[C@H](NC(=O)[C@@H](NC(=O)[C@H](CS)NC(=O)[C@H](CS)NC(=O)[C@H](CS)NC(=O)[C@@H](N)CCCCN)[C@@H](C)O)C(=O)O. The molecule has 0 unspecified atom stereocenters. The van der Waals surface area contributed by atoms with Gasteiger partial charge < -0.3 is 48.3 Å². The molecule has 15 nitrogen and oxygen atoms in total. The lowest BCUT2D eigenvalue weighted by Gasteiger charge is -2.26. The second-order valence-corrected chi connectivity index (χ2v) is 10.0. The molecule has 0 fully saturated rings. The Labute approximate surface area is 249 Å². The number of rotatable bonds is 19. The monoisotopic (exact) mass is 627 g/mol. The fourth-order valence-corrected chi connectivity index (χ4v) is 3.84. The molecule has 0 saturated heterocycles. The molecule has 0 aromatic rings. The molecule has 40 heavy (non-hydrogen) atoms. The van der Waals surface area contributed by atoms with Crippen molar-refractivity contribution >= 4 is 73.4 Å². The van der Waals surface area contributed by atoms with E-state index in [0.29, 0.717) is 25.8 Å². The number of carbonyl (C=O) groups is 6. The summed E-state index contributed by atoms with van der Waals surface area (Å²) < 4.78 is 0. The number of hydrogen-bond acceptors (Lipinski definition) is 12. The van der Waals surface area contributed by atoms with Crippen molar-refractivity contribution in [1.29, 1.82) is 0 Å². The van der Waals surface area contributed by atoms with E-state index in [1.165, 1.54) is 13.8 Å². The van der Waals surface area contributed by atoms with Gasteiger partial charge in [0.1, 0.15) is 30.2 Å². The van der Waals surface area contributed by atoms with Crippen molar-refractivity contribution in [1.82, 2.24) is 26.6 Å². The van der Waals surface area contributed by atoms with Gasteiger partial charge in [-0.3, -0.25) is 28.8 Å². The molecule has 0 heterocycles. The number of carboxylic acid groups (broad SMARTS) is 1. The first-order chi connectivity index (χ1) is 18.7. The van der Waals surface area contributed by atoms with E-state index in [-0.39, 0.29) is 17.3 Å². The van der Waals surface area contributed by atoms with Crippen LogP contribution in [0.3, 0.4) is 0 Å². The van der Waals surface area contributed by atoms with Crippen molar-refractivity contribution in [2.75, 3.05) is 23.8 Å². The molecule has 7 atom stereocenters. The van der Waals surface area contributed by atoms with Crippen LogP contribution in [-0.2, 0) is 28.8 Å². The van der Waals surface area contributed by atoms with E-state index in [2.05, 4.69) is 64.5 Å². The third-order valence-electron chi connectivity index (χ3n) is 5.54. The van der Waals surface area contributed by atoms with Crippen molar-refractivity contribution in [3.05, 3.63) is 0 Å².